The van der Waals surface area contributed by atoms with Crippen LogP contribution in [0.25, 0.3) is 0 Å². The second-order valence-electron chi connectivity index (χ2n) is 5.45. The summed E-state index contributed by atoms with van der Waals surface area (Å²) in [6.45, 7) is 4.02. The first-order valence-electron chi connectivity index (χ1n) is 7.37. The number of aromatic nitrogens is 2. The smallest absolute Gasteiger partial charge is 0.272 e. The first-order valence-corrected chi connectivity index (χ1v) is 7.37. The molecule has 2 aromatic rings. The zero-order valence-corrected chi connectivity index (χ0v) is 14.0. The van der Waals surface area contributed by atoms with Gasteiger partial charge in [0.2, 0.25) is 0 Å². The minimum Gasteiger partial charge on any atom is -0.496 e. The van der Waals surface area contributed by atoms with Crippen LogP contribution < -0.4 is 15.4 Å². The zero-order valence-electron chi connectivity index (χ0n) is 13.2. The van der Waals surface area contributed by atoms with E-state index in [2.05, 4.69) is 20.8 Å². The summed E-state index contributed by atoms with van der Waals surface area (Å²) in [5.41, 5.74) is 4.58. The molecule has 0 atom stereocenters. The van der Waals surface area contributed by atoms with Crippen molar-refractivity contribution in [3.63, 3.8) is 0 Å². The number of aromatic amines is 1. The lowest BCUT2D eigenvalue weighted by atomic mass is 10.1. The molecule has 0 fully saturated rings. The molecule has 1 aliphatic heterocycles. The molecule has 124 valence electrons. The van der Waals surface area contributed by atoms with Crippen molar-refractivity contribution in [2.24, 2.45) is 0 Å². The van der Waals surface area contributed by atoms with Crippen LogP contribution in [0.5, 0.6) is 5.75 Å². The maximum atomic E-state index is 12.4. The summed E-state index contributed by atoms with van der Waals surface area (Å²) in [6.07, 6.45) is 0.876. The van der Waals surface area contributed by atoms with Crippen LogP contribution in [0, 0.1) is 6.92 Å². The first kappa shape index (κ1) is 17.3. The lowest BCUT2D eigenvalue weighted by Crippen LogP contribution is -2.28. The molecule has 7 heteroatoms. The van der Waals surface area contributed by atoms with Gasteiger partial charge in [0.05, 0.1) is 7.11 Å². The number of fused-ring (bicyclic) bond motifs is 1. The molecule has 0 unspecified atom stereocenters. The highest BCUT2D eigenvalue weighted by Crippen LogP contribution is 2.20. The van der Waals surface area contributed by atoms with Gasteiger partial charge in [0.25, 0.3) is 5.91 Å². The number of nitrogens with zero attached hydrogens (tertiary/aromatic N) is 1. The van der Waals surface area contributed by atoms with Crippen molar-refractivity contribution in [3.05, 3.63) is 46.3 Å². The predicted octanol–water partition coefficient (Wildman–Crippen LogP) is 1.72. The number of aryl methyl sites for hydroxylation is 1. The maximum Gasteiger partial charge on any atom is 0.272 e. The van der Waals surface area contributed by atoms with E-state index >= 15 is 0 Å². The molecule has 0 saturated carbocycles. The summed E-state index contributed by atoms with van der Waals surface area (Å²) in [4.78, 5) is 12.4. The molecule has 0 bridgehead atoms. The van der Waals surface area contributed by atoms with Crippen LogP contribution in [0.1, 0.15) is 32.9 Å². The molecule has 1 aliphatic rings. The topological polar surface area (TPSA) is 79.0 Å². The standard InChI is InChI=1S/C16H20N4O2.ClH/c1-10-3-4-11(14(7-10)22-2)8-18-16(21)15-12-9-17-6-5-13(12)19-20-15;/h3-4,7,17H,5-6,8-9H2,1-2H3,(H,18,21)(H,19,20);1H. The minimum atomic E-state index is -0.163. The normalized spacial score (nSPS) is 13.0. The highest BCUT2D eigenvalue weighted by Gasteiger charge is 2.21. The van der Waals surface area contributed by atoms with Crippen LogP contribution in [-0.2, 0) is 19.5 Å². The number of hydrogen-bond donors (Lipinski definition) is 3. The Morgan fingerprint density at radius 1 is 1.43 bits per heavy atom. The van der Waals surface area contributed by atoms with Crippen molar-refractivity contribution in [1.82, 2.24) is 20.8 Å². The van der Waals surface area contributed by atoms with Gasteiger partial charge in [0, 0.05) is 42.9 Å². The van der Waals surface area contributed by atoms with E-state index in [4.69, 9.17) is 4.74 Å². The molecule has 1 aromatic heterocycles. The molecule has 1 amide bonds. The van der Waals surface area contributed by atoms with E-state index in [1.165, 1.54) is 0 Å². The van der Waals surface area contributed by atoms with Crippen molar-refractivity contribution in [3.8, 4) is 5.75 Å². The van der Waals surface area contributed by atoms with Gasteiger partial charge in [0.15, 0.2) is 5.69 Å². The lowest BCUT2D eigenvalue weighted by molar-refractivity contribution is 0.0944. The SMILES string of the molecule is COc1cc(C)ccc1CNC(=O)c1n[nH]c2c1CNCC2.Cl. The summed E-state index contributed by atoms with van der Waals surface area (Å²) in [7, 11) is 1.63. The summed E-state index contributed by atoms with van der Waals surface area (Å²) in [6, 6.07) is 5.93. The molecule has 0 spiro atoms. The van der Waals surface area contributed by atoms with E-state index < -0.39 is 0 Å². The van der Waals surface area contributed by atoms with Crippen molar-refractivity contribution in [2.75, 3.05) is 13.7 Å². The van der Waals surface area contributed by atoms with Crippen LogP contribution in [0.4, 0.5) is 0 Å². The Labute approximate surface area is 141 Å². The van der Waals surface area contributed by atoms with Crippen LogP contribution in [0.2, 0.25) is 0 Å². The van der Waals surface area contributed by atoms with Gasteiger partial charge >= 0.3 is 0 Å². The molecule has 0 saturated heterocycles. The number of hydrogen-bond acceptors (Lipinski definition) is 4. The lowest BCUT2D eigenvalue weighted by Gasteiger charge is -2.13. The van der Waals surface area contributed by atoms with Crippen LogP contribution in [0.15, 0.2) is 18.2 Å². The highest BCUT2D eigenvalue weighted by molar-refractivity contribution is 5.94. The third-order valence-corrected chi connectivity index (χ3v) is 3.90. The van der Waals surface area contributed by atoms with E-state index in [0.717, 1.165) is 41.1 Å². The summed E-state index contributed by atoms with van der Waals surface area (Å²) < 4.78 is 5.36. The molecule has 3 N–H and O–H groups in total. The molecular weight excluding hydrogens is 316 g/mol. The Morgan fingerprint density at radius 3 is 3.04 bits per heavy atom. The number of ether oxygens (including phenoxy) is 1. The number of halogens is 1. The second kappa shape index (κ2) is 7.48. The Hall–Kier alpha value is -2.05. The second-order valence-corrected chi connectivity index (χ2v) is 5.45. The molecular formula is C16H21ClN4O2. The fourth-order valence-corrected chi connectivity index (χ4v) is 2.67. The van der Waals surface area contributed by atoms with E-state index in [1.54, 1.807) is 7.11 Å². The molecule has 23 heavy (non-hydrogen) atoms. The Kier molecular flexibility index (Phi) is 5.63. The van der Waals surface area contributed by atoms with Gasteiger partial charge in [-0.2, -0.15) is 5.10 Å². The molecule has 0 radical (unpaired) electrons. The average Bonchev–Trinajstić information content (AvgIpc) is 2.97. The third-order valence-electron chi connectivity index (χ3n) is 3.90. The fraction of sp³-hybridized carbons (Fsp3) is 0.375. The van der Waals surface area contributed by atoms with Gasteiger partial charge in [-0.15, -0.1) is 12.4 Å². The molecule has 2 heterocycles. The largest absolute Gasteiger partial charge is 0.496 e. The Morgan fingerprint density at radius 2 is 2.26 bits per heavy atom. The van der Waals surface area contributed by atoms with Gasteiger partial charge < -0.3 is 15.4 Å². The Balaban J connectivity index is 0.00000192. The van der Waals surface area contributed by atoms with Gasteiger partial charge in [-0.1, -0.05) is 12.1 Å². The number of H-pyrrole nitrogens is 1. The molecule has 6 nitrogen and oxygen atoms in total. The summed E-state index contributed by atoms with van der Waals surface area (Å²) in [5, 5.41) is 13.3. The van der Waals surface area contributed by atoms with Crippen molar-refractivity contribution >= 4 is 18.3 Å². The number of rotatable bonds is 4. The van der Waals surface area contributed by atoms with Crippen LogP contribution in [0.3, 0.4) is 0 Å². The fourth-order valence-electron chi connectivity index (χ4n) is 2.67. The third kappa shape index (κ3) is 3.65. The number of amides is 1. The average molecular weight is 337 g/mol. The van der Waals surface area contributed by atoms with E-state index in [9.17, 15) is 4.79 Å². The predicted molar refractivity (Wildman–Crippen MR) is 90.1 cm³/mol. The number of methoxy groups -OCH3 is 1. The number of carbonyl (C=O) groups is 1. The van der Waals surface area contributed by atoms with E-state index in [1.807, 2.05) is 25.1 Å². The van der Waals surface area contributed by atoms with Crippen LogP contribution >= 0.6 is 12.4 Å². The van der Waals surface area contributed by atoms with Crippen molar-refractivity contribution in [1.29, 1.82) is 0 Å². The first-order chi connectivity index (χ1) is 10.7. The monoisotopic (exact) mass is 336 g/mol. The number of nitrogens with one attached hydrogen (secondary N) is 3. The quantitative estimate of drug-likeness (QED) is 0.794. The summed E-state index contributed by atoms with van der Waals surface area (Å²) in [5.74, 6) is 0.620. The van der Waals surface area contributed by atoms with Crippen LogP contribution in [-0.4, -0.2) is 29.8 Å². The van der Waals surface area contributed by atoms with Gasteiger partial charge in [-0.25, -0.2) is 0 Å². The highest BCUT2D eigenvalue weighted by atomic mass is 35.5. The van der Waals surface area contributed by atoms with Gasteiger partial charge in [-0.05, 0) is 18.6 Å². The molecule has 3 rings (SSSR count). The zero-order chi connectivity index (χ0) is 15.5. The Bertz CT molecular complexity index is 699. The van der Waals surface area contributed by atoms with Gasteiger partial charge in [0.1, 0.15) is 5.75 Å². The maximum absolute atomic E-state index is 12.4. The van der Waals surface area contributed by atoms with Crippen molar-refractivity contribution in [2.45, 2.75) is 26.4 Å². The van der Waals surface area contributed by atoms with Crippen molar-refractivity contribution < 1.29 is 9.53 Å². The van der Waals surface area contributed by atoms with E-state index in [-0.39, 0.29) is 18.3 Å². The molecule has 1 aromatic carbocycles. The number of benzene rings is 1. The minimum absolute atomic E-state index is 0. The van der Waals surface area contributed by atoms with Gasteiger partial charge in [-0.3, -0.25) is 9.89 Å². The molecule has 0 aliphatic carbocycles. The number of carbonyl (C=O) groups excluding carboxylic acids is 1. The van der Waals surface area contributed by atoms with E-state index in [0.29, 0.717) is 18.8 Å². The summed E-state index contributed by atoms with van der Waals surface area (Å²) >= 11 is 0.